The molecule has 1 rings (SSSR count). The summed E-state index contributed by atoms with van der Waals surface area (Å²) in [5.74, 6) is 0. The van der Waals surface area contributed by atoms with Crippen LogP contribution in [-0.4, -0.2) is 29.1 Å². The van der Waals surface area contributed by atoms with Gasteiger partial charge in [0.1, 0.15) is 14.9 Å². The lowest BCUT2D eigenvalue weighted by Gasteiger charge is -2.26. The number of ether oxygens (including phenoxy) is 2. The maximum Gasteiger partial charge on any atom is 0.146 e. The summed E-state index contributed by atoms with van der Waals surface area (Å²) < 4.78 is 10.7. The summed E-state index contributed by atoms with van der Waals surface area (Å²) in [6.07, 6.45) is 1.84. The molecule has 0 amide bonds. The molecule has 0 atom stereocenters. The first-order chi connectivity index (χ1) is 7.13. The van der Waals surface area contributed by atoms with Crippen molar-refractivity contribution in [2.75, 3.05) is 14.2 Å². The molecule has 0 fully saturated rings. The molecule has 0 saturated carbocycles. The van der Waals surface area contributed by atoms with Gasteiger partial charge in [0, 0.05) is 14.2 Å². The van der Waals surface area contributed by atoms with Gasteiger partial charge >= 0.3 is 0 Å². The molecule has 0 heterocycles. The van der Waals surface area contributed by atoms with Crippen LogP contribution in [0, 0.1) is 0 Å². The molecule has 1 aromatic carbocycles. The summed E-state index contributed by atoms with van der Waals surface area (Å²) in [6.45, 7) is 5.72. The second-order valence-corrected chi connectivity index (χ2v) is 6.12. The van der Waals surface area contributed by atoms with Gasteiger partial charge in [0.25, 0.3) is 0 Å². The number of rotatable bonds is 5. The molecule has 0 saturated heterocycles. The molecule has 0 bridgehead atoms. The van der Waals surface area contributed by atoms with Crippen LogP contribution in [0.25, 0.3) is 6.08 Å². The van der Waals surface area contributed by atoms with Gasteiger partial charge in [-0.1, -0.05) is 42.1 Å². The molecule has 0 aromatic heterocycles. The van der Waals surface area contributed by atoms with Crippen molar-refractivity contribution in [3.63, 3.8) is 0 Å². The van der Waals surface area contributed by atoms with Crippen LogP contribution in [0.5, 0.6) is 0 Å². The van der Waals surface area contributed by atoms with Crippen LogP contribution in [0.1, 0.15) is 12.5 Å². The lowest BCUT2D eigenvalue weighted by Crippen LogP contribution is -2.43. The van der Waals surface area contributed by atoms with Gasteiger partial charge in [-0.2, -0.15) is 0 Å². The Kier molecular flexibility index (Phi) is 4.26. The minimum Gasteiger partial charge on any atom is -0.358 e. The average molecular weight is 222 g/mol. The lowest BCUT2D eigenvalue weighted by atomic mass is 10.2. The third-order valence-corrected chi connectivity index (χ3v) is 4.70. The van der Waals surface area contributed by atoms with E-state index in [0.717, 1.165) is 5.56 Å². The van der Waals surface area contributed by atoms with Crippen molar-refractivity contribution in [3.8, 4) is 0 Å². The topological polar surface area (TPSA) is 18.5 Å². The first-order valence-electron chi connectivity index (χ1n) is 4.95. The maximum atomic E-state index is 5.37. The highest BCUT2D eigenvalue weighted by atomic mass is 28.2. The molecule has 0 spiro atoms. The standard InChI is InChI=1S/C12H18O2Si/c1-5-10-6-8-11(9-7-10)15-12(2,13-3)14-4/h5-9H,1,15H2,2-4H3. The van der Waals surface area contributed by atoms with Crippen molar-refractivity contribution in [2.24, 2.45) is 0 Å². The molecule has 0 aliphatic heterocycles. The van der Waals surface area contributed by atoms with E-state index < -0.39 is 14.9 Å². The highest BCUT2D eigenvalue weighted by molar-refractivity contribution is 6.55. The first-order valence-corrected chi connectivity index (χ1v) is 6.36. The van der Waals surface area contributed by atoms with Gasteiger partial charge < -0.3 is 9.47 Å². The van der Waals surface area contributed by atoms with Crippen molar-refractivity contribution in [1.29, 1.82) is 0 Å². The van der Waals surface area contributed by atoms with E-state index in [0.29, 0.717) is 0 Å². The molecule has 0 aliphatic rings. The maximum absolute atomic E-state index is 5.37. The highest BCUT2D eigenvalue weighted by Gasteiger charge is 2.23. The molecule has 1 aromatic rings. The van der Waals surface area contributed by atoms with Crippen molar-refractivity contribution < 1.29 is 9.47 Å². The van der Waals surface area contributed by atoms with Gasteiger partial charge in [0.15, 0.2) is 0 Å². The molecular weight excluding hydrogens is 204 g/mol. The zero-order valence-corrected chi connectivity index (χ0v) is 11.0. The summed E-state index contributed by atoms with van der Waals surface area (Å²) >= 11 is 0. The van der Waals surface area contributed by atoms with Crippen LogP contribution in [0.15, 0.2) is 30.8 Å². The van der Waals surface area contributed by atoms with Crippen LogP contribution in [0.2, 0.25) is 0 Å². The average Bonchev–Trinajstić information content (AvgIpc) is 2.30. The first kappa shape index (κ1) is 12.2. The van der Waals surface area contributed by atoms with Crippen LogP contribution < -0.4 is 5.19 Å². The van der Waals surface area contributed by atoms with Gasteiger partial charge in [-0.15, -0.1) is 0 Å². The van der Waals surface area contributed by atoms with E-state index in [1.807, 2.05) is 13.0 Å². The van der Waals surface area contributed by atoms with Crippen LogP contribution in [0.4, 0.5) is 0 Å². The van der Waals surface area contributed by atoms with Crippen LogP contribution in [0.3, 0.4) is 0 Å². The third kappa shape index (κ3) is 3.30. The van der Waals surface area contributed by atoms with Crippen molar-refractivity contribution in [2.45, 2.75) is 12.3 Å². The molecule has 3 heteroatoms. The Morgan fingerprint density at radius 1 is 1.20 bits per heavy atom. The minimum atomic E-state index is -0.596. The minimum absolute atomic E-state index is 0.407. The summed E-state index contributed by atoms with van der Waals surface area (Å²) in [5, 5.41) is 1.33. The van der Waals surface area contributed by atoms with Crippen molar-refractivity contribution in [3.05, 3.63) is 36.4 Å². The Bertz CT molecular complexity index is 315. The van der Waals surface area contributed by atoms with Crippen LogP contribution >= 0.6 is 0 Å². The van der Waals surface area contributed by atoms with E-state index >= 15 is 0 Å². The predicted octanol–water partition coefficient (Wildman–Crippen LogP) is 1.09. The monoisotopic (exact) mass is 222 g/mol. The van der Waals surface area contributed by atoms with Gasteiger partial charge in [0.05, 0.1) is 0 Å². The normalized spacial score (nSPS) is 12.2. The van der Waals surface area contributed by atoms with Crippen molar-refractivity contribution in [1.82, 2.24) is 0 Å². The second kappa shape index (κ2) is 5.26. The van der Waals surface area contributed by atoms with E-state index in [9.17, 15) is 0 Å². The third-order valence-electron chi connectivity index (χ3n) is 2.60. The molecule has 0 aliphatic carbocycles. The van der Waals surface area contributed by atoms with Gasteiger partial charge in [-0.3, -0.25) is 0 Å². The zero-order chi connectivity index (χ0) is 11.3. The summed E-state index contributed by atoms with van der Waals surface area (Å²) in [5.41, 5.74) is 0.736. The summed E-state index contributed by atoms with van der Waals surface area (Å²) in [6, 6.07) is 8.39. The number of benzene rings is 1. The fraction of sp³-hybridized carbons (Fsp3) is 0.333. The lowest BCUT2D eigenvalue weighted by molar-refractivity contribution is -0.129. The number of hydrogen-bond acceptors (Lipinski definition) is 2. The fourth-order valence-electron chi connectivity index (χ4n) is 1.37. The smallest absolute Gasteiger partial charge is 0.146 e. The Morgan fingerprint density at radius 3 is 2.13 bits per heavy atom. The largest absolute Gasteiger partial charge is 0.358 e. The van der Waals surface area contributed by atoms with Gasteiger partial charge in [-0.25, -0.2) is 0 Å². The van der Waals surface area contributed by atoms with E-state index in [2.05, 4.69) is 30.8 Å². The molecular formula is C12H18O2Si. The highest BCUT2D eigenvalue weighted by Crippen LogP contribution is 2.07. The second-order valence-electron chi connectivity index (χ2n) is 3.66. The van der Waals surface area contributed by atoms with E-state index in [1.165, 1.54) is 5.19 Å². The SMILES string of the molecule is C=Cc1ccc([SiH2]C(C)(OC)OC)cc1. The van der Waals surface area contributed by atoms with Crippen LogP contribution in [-0.2, 0) is 9.47 Å². The molecule has 0 N–H and O–H groups in total. The Hall–Kier alpha value is -0.903. The summed E-state index contributed by atoms with van der Waals surface area (Å²) in [7, 11) is 2.78. The van der Waals surface area contributed by atoms with E-state index in [1.54, 1.807) is 14.2 Å². The molecule has 2 nitrogen and oxygen atoms in total. The van der Waals surface area contributed by atoms with E-state index in [-0.39, 0.29) is 0 Å². The predicted molar refractivity (Wildman–Crippen MR) is 67.1 cm³/mol. The van der Waals surface area contributed by atoms with Gasteiger partial charge in [0.2, 0.25) is 0 Å². The summed E-state index contributed by atoms with van der Waals surface area (Å²) in [4.78, 5) is 0. The fourth-order valence-corrected chi connectivity index (χ4v) is 2.87. The zero-order valence-electron chi connectivity index (χ0n) is 9.62. The Balaban J connectivity index is 2.76. The molecule has 15 heavy (non-hydrogen) atoms. The molecule has 0 unspecified atom stereocenters. The number of hydrogen-bond donors (Lipinski definition) is 0. The Morgan fingerprint density at radius 2 is 1.73 bits per heavy atom. The van der Waals surface area contributed by atoms with E-state index in [4.69, 9.17) is 9.47 Å². The number of methoxy groups -OCH3 is 2. The quantitative estimate of drug-likeness (QED) is 0.548. The van der Waals surface area contributed by atoms with Gasteiger partial charge in [-0.05, 0) is 12.5 Å². The Labute approximate surface area is 93.7 Å². The van der Waals surface area contributed by atoms with Crippen molar-refractivity contribution >= 4 is 20.8 Å². The molecule has 82 valence electrons. The molecule has 0 radical (unpaired) electrons.